The topological polar surface area (TPSA) is 64.0 Å². The Bertz CT molecular complexity index is 1070. The van der Waals surface area contributed by atoms with Crippen molar-refractivity contribution in [3.8, 4) is 11.1 Å². The Morgan fingerprint density at radius 1 is 1.29 bits per heavy atom. The molecule has 7 heteroatoms. The fourth-order valence-electron chi connectivity index (χ4n) is 2.89. The van der Waals surface area contributed by atoms with Crippen molar-refractivity contribution in [2.24, 2.45) is 7.05 Å². The van der Waals surface area contributed by atoms with E-state index in [0.717, 1.165) is 24.0 Å². The standard InChI is InChI=1S/C21H25N3O2S2/c1-5-6-9-22-17(25)12-28-21-23-19-18(20(26)24(21)4)16(11-27-19)15-8-7-13(2)14(3)10-15/h7-8,10-11H,5-6,9,12H2,1-4H3,(H,22,25). The smallest absolute Gasteiger partial charge is 0.263 e. The molecule has 0 bridgehead atoms. The summed E-state index contributed by atoms with van der Waals surface area (Å²) in [4.78, 5) is 30.4. The van der Waals surface area contributed by atoms with Crippen molar-refractivity contribution in [3.63, 3.8) is 0 Å². The lowest BCUT2D eigenvalue weighted by Gasteiger charge is -2.09. The van der Waals surface area contributed by atoms with Crippen LogP contribution >= 0.6 is 23.1 Å². The number of unbranched alkanes of at least 4 members (excludes halogenated alkanes) is 1. The van der Waals surface area contributed by atoms with Crippen molar-refractivity contribution in [1.29, 1.82) is 0 Å². The molecule has 0 radical (unpaired) electrons. The molecule has 0 saturated carbocycles. The van der Waals surface area contributed by atoms with Gasteiger partial charge < -0.3 is 5.32 Å². The van der Waals surface area contributed by atoms with Crippen LogP contribution in [0.15, 0.2) is 33.5 Å². The van der Waals surface area contributed by atoms with E-state index in [0.29, 0.717) is 21.9 Å². The summed E-state index contributed by atoms with van der Waals surface area (Å²) >= 11 is 2.77. The molecule has 1 amide bonds. The maximum Gasteiger partial charge on any atom is 0.263 e. The van der Waals surface area contributed by atoms with Crippen LogP contribution < -0.4 is 10.9 Å². The first kappa shape index (κ1) is 20.6. The van der Waals surface area contributed by atoms with Crippen molar-refractivity contribution in [2.45, 2.75) is 38.8 Å². The van der Waals surface area contributed by atoms with Crippen LogP contribution in [0.25, 0.3) is 21.3 Å². The highest BCUT2D eigenvalue weighted by Gasteiger charge is 2.16. The van der Waals surface area contributed by atoms with Gasteiger partial charge in [-0.05, 0) is 37.0 Å². The number of nitrogens with zero attached hydrogens (tertiary/aromatic N) is 2. The van der Waals surface area contributed by atoms with Gasteiger partial charge in [-0.2, -0.15) is 0 Å². The number of aryl methyl sites for hydroxylation is 2. The van der Waals surface area contributed by atoms with Gasteiger partial charge in [0.1, 0.15) is 4.83 Å². The molecule has 3 aromatic rings. The predicted molar refractivity (Wildman–Crippen MR) is 118 cm³/mol. The minimum absolute atomic E-state index is 0.0326. The molecule has 5 nitrogen and oxygen atoms in total. The van der Waals surface area contributed by atoms with Gasteiger partial charge in [0.05, 0.1) is 11.1 Å². The molecule has 0 aliphatic carbocycles. The molecular weight excluding hydrogens is 390 g/mol. The molecule has 0 aliphatic rings. The molecule has 0 spiro atoms. The third kappa shape index (κ3) is 4.31. The average molecular weight is 416 g/mol. The fraction of sp³-hybridized carbons (Fsp3) is 0.381. The minimum atomic E-state index is -0.0756. The Hall–Kier alpha value is -2.12. The third-order valence-electron chi connectivity index (χ3n) is 4.78. The minimum Gasteiger partial charge on any atom is -0.355 e. The Morgan fingerprint density at radius 2 is 2.07 bits per heavy atom. The largest absolute Gasteiger partial charge is 0.355 e. The second-order valence-electron chi connectivity index (χ2n) is 6.88. The van der Waals surface area contributed by atoms with Gasteiger partial charge in [-0.25, -0.2) is 4.98 Å². The number of carbonyl (C=O) groups excluding carboxylic acids is 1. The summed E-state index contributed by atoms with van der Waals surface area (Å²) in [5.41, 5.74) is 4.30. The van der Waals surface area contributed by atoms with Crippen molar-refractivity contribution >= 4 is 39.2 Å². The fourth-order valence-corrected chi connectivity index (χ4v) is 4.68. The molecule has 0 atom stereocenters. The monoisotopic (exact) mass is 415 g/mol. The van der Waals surface area contributed by atoms with Gasteiger partial charge in [-0.15, -0.1) is 11.3 Å². The number of rotatable bonds is 7. The molecule has 0 fully saturated rings. The molecule has 1 aromatic carbocycles. The lowest BCUT2D eigenvalue weighted by atomic mass is 10.0. The summed E-state index contributed by atoms with van der Waals surface area (Å²) in [7, 11) is 1.72. The van der Waals surface area contributed by atoms with Crippen LogP contribution in [0.5, 0.6) is 0 Å². The number of benzene rings is 1. The highest BCUT2D eigenvalue weighted by molar-refractivity contribution is 7.99. The predicted octanol–water partition coefficient (Wildman–Crippen LogP) is 4.29. The van der Waals surface area contributed by atoms with Gasteiger partial charge in [0.15, 0.2) is 5.16 Å². The third-order valence-corrected chi connectivity index (χ3v) is 6.68. The molecule has 0 unspecified atom stereocenters. The quantitative estimate of drug-likeness (QED) is 0.355. The van der Waals surface area contributed by atoms with Crippen molar-refractivity contribution < 1.29 is 4.79 Å². The van der Waals surface area contributed by atoms with Crippen LogP contribution in [0, 0.1) is 13.8 Å². The molecule has 148 valence electrons. The highest BCUT2D eigenvalue weighted by atomic mass is 32.2. The molecule has 2 aromatic heterocycles. The molecule has 2 heterocycles. The lowest BCUT2D eigenvalue weighted by Crippen LogP contribution is -2.27. The summed E-state index contributed by atoms with van der Waals surface area (Å²) in [6, 6.07) is 6.24. The Morgan fingerprint density at radius 3 is 2.79 bits per heavy atom. The number of fused-ring (bicyclic) bond motifs is 1. The zero-order valence-corrected chi connectivity index (χ0v) is 18.3. The summed E-state index contributed by atoms with van der Waals surface area (Å²) in [6.45, 7) is 6.92. The molecule has 28 heavy (non-hydrogen) atoms. The Labute approximate surface area is 173 Å². The van der Waals surface area contributed by atoms with E-state index in [4.69, 9.17) is 0 Å². The van der Waals surface area contributed by atoms with Crippen molar-refractivity contribution in [2.75, 3.05) is 12.3 Å². The van der Waals surface area contributed by atoms with E-state index in [1.165, 1.54) is 34.2 Å². The number of hydrogen-bond acceptors (Lipinski definition) is 5. The summed E-state index contributed by atoms with van der Waals surface area (Å²) in [5, 5.41) is 6.10. The zero-order valence-electron chi connectivity index (χ0n) is 16.7. The van der Waals surface area contributed by atoms with E-state index >= 15 is 0 Å². The maximum atomic E-state index is 13.0. The lowest BCUT2D eigenvalue weighted by molar-refractivity contribution is -0.118. The van der Waals surface area contributed by atoms with E-state index in [2.05, 4.69) is 43.2 Å². The first-order chi connectivity index (χ1) is 13.4. The van der Waals surface area contributed by atoms with E-state index in [1.54, 1.807) is 11.6 Å². The SMILES string of the molecule is CCCCNC(=O)CSc1nc2scc(-c3ccc(C)c(C)c3)c2c(=O)n1C. The molecule has 1 N–H and O–H groups in total. The van der Waals surface area contributed by atoms with Crippen molar-refractivity contribution in [3.05, 3.63) is 45.1 Å². The average Bonchev–Trinajstić information content (AvgIpc) is 3.10. The zero-order chi connectivity index (χ0) is 20.3. The number of nitrogens with one attached hydrogen (secondary N) is 1. The van der Waals surface area contributed by atoms with E-state index < -0.39 is 0 Å². The number of aromatic nitrogens is 2. The molecular formula is C21H25N3O2S2. The van der Waals surface area contributed by atoms with Gasteiger partial charge in [-0.3, -0.25) is 14.2 Å². The summed E-state index contributed by atoms with van der Waals surface area (Å²) in [6.07, 6.45) is 2.01. The number of hydrogen-bond donors (Lipinski definition) is 1. The van der Waals surface area contributed by atoms with Crippen molar-refractivity contribution in [1.82, 2.24) is 14.9 Å². The first-order valence-electron chi connectivity index (χ1n) is 9.37. The van der Waals surface area contributed by atoms with Gasteiger partial charge >= 0.3 is 0 Å². The highest BCUT2D eigenvalue weighted by Crippen LogP contribution is 2.32. The second-order valence-corrected chi connectivity index (χ2v) is 8.68. The summed E-state index contributed by atoms with van der Waals surface area (Å²) in [5.74, 6) is 0.222. The van der Waals surface area contributed by atoms with Crippen LogP contribution in [0.1, 0.15) is 30.9 Å². The van der Waals surface area contributed by atoms with Crippen LogP contribution in [0.4, 0.5) is 0 Å². The van der Waals surface area contributed by atoms with Crippen LogP contribution in [0.3, 0.4) is 0 Å². The molecule has 0 aliphatic heterocycles. The number of carbonyl (C=O) groups is 1. The van der Waals surface area contributed by atoms with Crippen LogP contribution in [-0.2, 0) is 11.8 Å². The van der Waals surface area contributed by atoms with E-state index in [9.17, 15) is 9.59 Å². The first-order valence-corrected chi connectivity index (χ1v) is 11.2. The Kier molecular flexibility index (Phi) is 6.57. The number of thiophene rings is 1. The second kappa shape index (κ2) is 8.92. The number of amides is 1. The molecule has 3 rings (SSSR count). The summed E-state index contributed by atoms with van der Waals surface area (Å²) < 4.78 is 1.55. The van der Waals surface area contributed by atoms with Crippen LogP contribution in [-0.4, -0.2) is 27.8 Å². The van der Waals surface area contributed by atoms with Gasteiger partial charge in [0.25, 0.3) is 5.56 Å². The number of thioether (sulfide) groups is 1. The van der Waals surface area contributed by atoms with Gasteiger partial charge in [0, 0.05) is 24.5 Å². The van der Waals surface area contributed by atoms with E-state index in [1.807, 2.05) is 11.4 Å². The van der Waals surface area contributed by atoms with Gasteiger partial charge in [-0.1, -0.05) is 43.3 Å². The van der Waals surface area contributed by atoms with Gasteiger partial charge in [0.2, 0.25) is 5.91 Å². The maximum absolute atomic E-state index is 13.0. The Balaban J connectivity index is 1.89. The normalized spacial score (nSPS) is 11.1. The van der Waals surface area contributed by atoms with Crippen LogP contribution in [0.2, 0.25) is 0 Å². The molecule has 0 saturated heterocycles. The van der Waals surface area contributed by atoms with E-state index in [-0.39, 0.29) is 17.2 Å².